The summed E-state index contributed by atoms with van der Waals surface area (Å²) in [5.74, 6) is -0.0814. The molecule has 3 N–H and O–H groups in total. The number of hydrogen-bond donors (Lipinski definition) is 3. The molecule has 0 saturated heterocycles. The molecule has 0 aliphatic rings. The van der Waals surface area contributed by atoms with Gasteiger partial charge in [-0.05, 0) is 57.8 Å². The van der Waals surface area contributed by atoms with Crippen molar-refractivity contribution in [3.05, 3.63) is 24.3 Å². The van der Waals surface area contributed by atoms with E-state index < -0.39 is 12.1 Å². The summed E-state index contributed by atoms with van der Waals surface area (Å²) in [6, 6.07) is -0.559. The van der Waals surface area contributed by atoms with Crippen LogP contribution in [0.2, 0.25) is 0 Å². The van der Waals surface area contributed by atoms with Gasteiger partial charge in [0, 0.05) is 12.8 Å². The number of carbonyl (C=O) groups is 2. The molecule has 1 amide bonds. The SMILES string of the molecule is CCCCCC/C=C\C/C=C\CCCCCCCCCC(=O)OCCCCCCCCCCCCC(=O)NC(CO)C(O)CCCCCCCCCCCCCCCCCCCCC. The van der Waals surface area contributed by atoms with Crippen molar-refractivity contribution in [3.8, 4) is 0 Å². The molecule has 64 heavy (non-hydrogen) atoms. The number of esters is 1. The van der Waals surface area contributed by atoms with Crippen LogP contribution in [0.25, 0.3) is 0 Å². The van der Waals surface area contributed by atoms with Crippen molar-refractivity contribution in [2.75, 3.05) is 13.2 Å². The van der Waals surface area contributed by atoms with Crippen molar-refractivity contribution < 1.29 is 24.5 Å². The molecule has 2 atom stereocenters. The Morgan fingerprint density at radius 3 is 1.20 bits per heavy atom. The molecule has 0 aliphatic carbocycles. The van der Waals surface area contributed by atoms with Crippen molar-refractivity contribution in [3.63, 3.8) is 0 Å². The average molecular weight is 903 g/mol. The predicted molar refractivity (Wildman–Crippen MR) is 278 cm³/mol. The Bertz CT molecular complexity index is 997. The summed E-state index contributed by atoms with van der Waals surface area (Å²) in [7, 11) is 0. The molecule has 6 nitrogen and oxygen atoms in total. The van der Waals surface area contributed by atoms with Gasteiger partial charge in [0.05, 0.1) is 25.4 Å². The van der Waals surface area contributed by atoms with Crippen molar-refractivity contribution in [2.45, 2.75) is 321 Å². The zero-order chi connectivity index (χ0) is 46.5. The van der Waals surface area contributed by atoms with Crippen LogP contribution in [0, 0.1) is 0 Å². The third-order valence-electron chi connectivity index (χ3n) is 13.3. The summed E-state index contributed by atoms with van der Waals surface area (Å²) < 4.78 is 5.47. The molecule has 0 bridgehead atoms. The molecular weight excluding hydrogens is 791 g/mol. The first-order valence-corrected chi connectivity index (χ1v) is 28.6. The number of amides is 1. The van der Waals surface area contributed by atoms with Crippen molar-refractivity contribution in [1.29, 1.82) is 0 Å². The van der Waals surface area contributed by atoms with Gasteiger partial charge in [-0.1, -0.05) is 263 Å². The minimum absolute atomic E-state index is 0.0254. The first-order valence-electron chi connectivity index (χ1n) is 28.6. The lowest BCUT2D eigenvalue weighted by atomic mass is 10.0. The molecule has 0 radical (unpaired) electrons. The Morgan fingerprint density at radius 2 is 0.781 bits per heavy atom. The van der Waals surface area contributed by atoms with Gasteiger partial charge in [0.2, 0.25) is 5.91 Å². The van der Waals surface area contributed by atoms with Crippen LogP contribution in [0.1, 0.15) is 309 Å². The third-order valence-corrected chi connectivity index (χ3v) is 13.3. The number of allylic oxidation sites excluding steroid dienone is 4. The van der Waals surface area contributed by atoms with Crippen LogP contribution in [0.3, 0.4) is 0 Å². The van der Waals surface area contributed by atoms with E-state index in [0.29, 0.717) is 25.9 Å². The smallest absolute Gasteiger partial charge is 0.305 e. The summed E-state index contributed by atoms with van der Waals surface area (Å²) in [4.78, 5) is 24.6. The zero-order valence-electron chi connectivity index (χ0n) is 43.0. The Labute approximate surface area is 399 Å². The minimum atomic E-state index is -0.680. The minimum Gasteiger partial charge on any atom is -0.466 e. The maximum atomic E-state index is 12.5. The molecule has 0 aromatic heterocycles. The van der Waals surface area contributed by atoms with Gasteiger partial charge in [-0.15, -0.1) is 0 Å². The maximum Gasteiger partial charge on any atom is 0.305 e. The van der Waals surface area contributed by atoms with Crippen LogP contribution in [-0.2, 0) is 14.3 Å². The summed E-state index contributed by atoms with van der Waals surface area (Å²) in [5, 5.41) is 23.3. The Balaban J connectivity index is 3.47. The molecule has 0 aliphatic heterocycles. The average Bonchev–Trinajstić information content (AvgIpc) is 3.29. The van der Waals surface area contributed by atoms with Crippen molar-refractivity contribution in [1.82, 2.24) is 5.32 Å². The van der Waals surface area contributed by atoms with E-state index in [4.69, 9.17) is 4.74 Å². The first kappa shape index (κ1) is 62.3. The number of carbonyl (C=O) groups excluding carboxylic acids is 2. The lowest BCUT2D eigenvalue weighted by molar-refractivity contribution is -0.143. The molecule has 0 aromatic rings. The van der Waals surface area contributed by atoms with Crippen LogP contribution >= 0.6 is 0 Å². The predicted octanol–water partition coefficient (Wildman–Crippen LogP) is 17.5. The van der Waals surface area contributed by atoms with E-state index in [1.54, 1.807) is 0 Å². The van der Waals surface area contributed by atoms with E-state index in [1.807, 2.05) is 0 Å². The highest BCUT2D eigenvalue weighted by atomic mass is 16.5. The molecule has 0 spiro atoms. The summed E-state index contributed by atoms with van der Waals surface area (Å²) in [6.07, 6.45) is 64.4. The number of ether oxygens (including phenoxy) is 1. The van der Waals surface area contributed by atoms with Crippen molar-refractivity contribution in [2.24, 2.45) is 0 Å². The second-order valence-corrected chi connectivity index (χ2v) is 19.6. The van der Waals surface area contributed by atoms with E-state index in [1.165, 1.54) is 212 Å². The highest BCUT2D eigenvalue weighted by Gasteiger charge is 2.20. The second-order valence-electron chi connectivity index (χ2n) is 19.6. The highest BCUT2D eigenvalue weighted by Crippen LogP contribution is 2.17. The highest BCUT2D eigenvalue weighted by molar-refractivity contribution is 5.76. The van der Waals surface area contributed by atoms with Gasteiger partial charge in [0.1, 0.15) is 0 Å². The molecule has 0 heterocycles. The number of unbranched alkanes of at least 4 members (excludes halogenated alkanes) is 38. The van der Waals surface area contributed by atoms with Crippen LogP contribution in [-0.4, -0.2) is 47.4 Å². The van der Waals surface area contributed by atoms with Gasteiger partial charge in [0.25, 0.3) is 0 Å². The summed E-state index contributed by atoms with van der Waals surface area (Å²) in [6.45, 7) is 4.90. The van der Waals surface area contributed by atoms with E-state index in [-0.39, 0.29) is 18.5 Å². The first-order chi connectivity index (χ1) is 31.5. The monoisotopic (exact) mass is 902 g/mol. The largest absolute Gasteiger partial charge is 0.466 e. The maximum absolute atomic E-state index is 12.5. The number of nitrogens with one attached hydrogen (secondary N) is 1. The molecule has 0 rings (SSSR count). The number of rotatable bonds is 53. The summed E-state index contributed by atoms with van der Waals surface area (Å²) >= 11 is 0. The lowest BCUT2D eigenvalue weighted by Gasteiger charge is -2.22. The van der Waals surface area contributed by atoms with Gasteiger partial charge in [-0.3, -0.25) is 9.59 Å². The quantitative estimate of drug-likeness (QED) is 0.0321. The van der Waals surface area contributed by atoms with Gasteiger partial charge < -0.3 is 20.3 Å². The fourth-order valence-electron chi connectivity index (χ4n) is 8.85. The fourth-order valence-corrected chi connectivity index (χ4v) is 8.85. The van der Waals surface area contributed by atoms with Gasteiger partial charge in [0.15, 0.2) is 0 Å². The van der Waals surface area contributed by atoms with E-state index >= 15 is 0 Å². The van der Waals surface area contributed by atoms with Gasteiger partial charge in [-0.25, -0.2) is 0 Å². The topological polar surface area (TPSA) is 95.9 Å². The number of hydrogen-bond acceptors (Lipinski definition) is 5. The fraction of sp³-hybridized carbons (Fsp3) is 0.897. The van der Waals surface area contributed by atoms with Crippen LogP contribution in [0.5, 0.6) is 0 Å². The van der Waals surface area contributed by atoms with Gasteiger partial charge in [-0.2, -0.15) is 0 Å². The number of aliphatic hydroxyl groups excluding tert-OH is 2. The van der Waals surface area contributed by atoms with E-state index in [2.05, 4.69) is 43.5 Å². The molecule has 6 heteroatoms. The van der Waals surface area contributed by atoms with E-state index in [9.17, 15) is 19.8 Å². The van der Waals surface area contributed by atoms with Crippen LogP contribution < -0.4 is 5.32 Å². The molecule has 2 unspecified atom stereocenters. The number of aliphatic hydroxyl groups is 2. The molecule has 378 valence electrons. The molecule has 0 saturated carbocycles. The van der Waals surface area contributed by atoms with E-state index in [0.717, 1.165) is 64.2 Å². The van der Waals surface area contributed by atoms with Crippen molar-refractivity contribution >= 4 is 11.9 Å². The molecule has 0 fully saturated rings. The lowest BCUT2D eigenvalue weighted by Crippen LogP contribution is -2.45. The normalized spacial score (nSPS) is 12.8. The second kappa shape index (κ2) is 54.0. The molecular formula is C58H111NO5. The zero-order valence-corrected chi connectivity index (χ0v) is 43.0. The van der Waals surface area contributed by atoms with Crippen LogP contribution in [0.4, 0.5) is 0 Å². The standard InChI is InChI=1S/C58H111NO5/c1-3-5-7-9-11-13-15-17-19-21-23-24-26-28-30-34-38-42-46-50-56(61)55(54-60)59-57(62)51-47-43-39-35-32-33-37-41-45-49-53-64-58(63)52-48-44-40-36-31-29-27-25-22-20-18-16-14-12-10-8-6-4-2/h14,16,20,22,55-56,60-61H,3-13,15,17-19,21,23-54H2,1-2H3,(H,59,62)/b16-14-,22-20-. The Morgan fingerprint density at radius 1 is 0.438 bits per heavy atom. The molecule has 0 aromatic carbocycles. The van der Waals surface area contributed by atoms with Crippen LogP contribution in [0.15, 0.2) is 24.3 Å². The summed E-state index contributed by atoms with van der Waals surface area (Å²) in [5.41, 5.74) is 0. The Kier molecular flexibility index (Phi) is 52.6. The Hall–Kier alpha value is -1.66. The van der Waals surface area contributed by atoms with Gasteiger partial charge >= 0.3 is 5.97 Å². The third kappa shape index (κ3) is 49.8.